The predicted molar refractivity (Wildman–Crippen MR) is 102 cm³/mol. The first-order valence-corrected chi connectivity index (χ1v) is 9.01. The molecule has 3 N–H and O–H groups in total. The predicted octanol–water partition coefficient (Wildman–Crippen LogP) is 2.49. The van der Waals surface area contributed by atoms with Gasteiger partial charge in [-0.3, -0.25) is 4.79 Å². The zero-order valence-corrected chi connectivity index (χ0v) is 15.9. The van der Waals surface area contributed by atoms with Crippen molar-refractivity contribution in [1.82, 2.24) is 4.90 Å². The third kappa shape index (κ3) is 6.84. The van der Waals surface area contributed by atoms with Gasteiger partial charge in [-0.05, 0) is 74.5 Å². The number of likely N-dealkylation sites (tertiary alicyclic amines) is 1. The molecule has 2 rings (SSSR count). The number of aryl methyl sites for hydroxylation is 1. The summed E-state index contributed by atoms with van der Waals surface area (Å²) in [4.78, 5) is 13.3. The van der Waals surface area contributed by atoms with E-state index in [1.807, 2.05) is 6.07 Å². The fourth-order valence-electron chi connectivity index (χ4n) is 3.48. The molecule has 0 saturated carbocycles. The van der Waals surface area contributed by atoms with Crippen LogP contribution in [0.4, 0.5) is 0 Å². The summed E-state index contributed by atoms with van der Waals surface area (Å²) in [5.41, 5.74) is 7.98. The minimum Gasteiger partial charge on any atom is -0.491 e. The van der Waals surface area contributed by atoms with Crippen molar-refractivity contribution in [2.75, 3.05) is 32.8 Å². The number of piperidine rings is 1. The van der Waals surface area contributed by atoms with Gasteiger partial charge < -0.3 is 20.5 Å². The van der Waals surface area contributed by atoms with E-state index in [9.17, 15) is 4.79 Å². The molecule has 0 aliphatic carbocycles. The van der Waals surface area contributed by atoms with Crippen LogP contribution in [-0.2, 0) is 11.2 Å². The highest BCUT2D eigenvalue weighted by molar-refractivity contribution is 5.85. The average Bonchev–Trinajstić information content (AvgIpc) is 2.60. The zero-order chi connectivity index (χ0) is 17.4. The van der Waals surface area contributed by atoms with Crippen LogP contribution < -0.4 is 10.5 Å². The highest BCUT2D eigenvalue weighted by Crippen LogP contribution is 2.32. The Kier molecular flexibility index (Phi) is 9.86. The van der Waals surface area contributed by atoms with Gasteiger partial charge in [-0.1, -0.05) is 13.0 Å². The molecule has 0 spiro atoms. The van der Waals surface area contributed by atoms with E-state index in [2.05, 4.69) is 24.0 Å². The van der Waals surface area contributed by atoms with Crippen LogP contribution in [0.15, 0.2) is 18.2 Å². The third-order valence-electron chi connectivity index (χ3n) is 4.78. The minimum absolute atomic E-state index is 0. The molecule has 142 valence electrons. The second kappa shape index (κ2) is 11.3. The Labute approximate surface area is 156 Å². The summed E-state index contributed by atoms with van der Waals surface area (Å²) in [6.07, 6.45) is 4.64. The van der Waals surface area contributed by atoms with Gasteiger partial charge in [0.1, 0.15) is 12.4 Å². The molecule has 25 heavy (non-hydrogen) atoms. The second-order valence-corrected chi connectivity index (χ2v) is 6.47. The van der Waals surface area contributed by atoms with E-state index in [1.165, 1.54) is 11.1 Å². The van der Waals surface area contributed by atoms with Crippen molar-refractivity contribution in [1.29, 1.82) is 0 Å². The number of hydrogen-bond acceptors (Lipinski definition) is 4. The first-order chi connectivity index (χ1) is 11.6. The molecule has 0 atom stereocenters. The summed E-state index contributed by atoms with van der Waals surface area (Å²) in [5.74, 6) is 1.23. The lowest BCUT2D eigenvalue weighted by Crippen LogP contribution is -2.34. The number of hydrogen-bond donors (Lipinski definition) is 2. The summed E-state index contributed by atoms with van der Waals surface area (Å²) in [6, 6.07) is 6.33. The molecule has 1 saturated heterocycles. The van der Waals surface area contributed by atoms with Gasteiger partial charge in [0.2, 0.25) is 5.91 Å². The van der Waals surface area contributed by atoms with Gasteiger partial charge in [0, 0.05) is 6.42 Å². The van der Waals surface area contributed by atoms with Crippen LogP contribution in [-0.4, -0.2) is 48.8 Å². The van der Waals surface area contributed by atoms with Gasteiger partial charge in [0.05, 0.1) is 6.61 Å². The van der Waals surface area contributed by atoms with Crippen molar-refractivity contribution in [3.63, 3.8) is 0 Å². The van der Waals surface area contributed by atoms with Gasteiger partial charge in [0.15, 0.2) is 0 Å². The number of rotatable bonds is 9. The zero-order valence-electron chi connectivity index (χ0n) is 15.1. The molecule has 6 heteroatoms. The van der Waals surface area contributed by atoms with Crippen molar-refractivity contribution in [2.24, 2.45) is 5.73 Å². The number of amides is 1. The lowest BCUT2D eigenvalue weighted by Gasteiger charge is -2.33. The molecule has 1 aliphatic rings. The maximum Gasteiger partial charge on any atom is 0.217 e. The van der Waals surface area contributed by atoms with E-state index in [0.29, 0.717) is 18.9 Å². The smallest absolute Gasteiger partial charge is 0.217 e. The average molecular weight is 371 g/mol. The number of primary amides is 1. The lowest BCUT2D eigenvalue weighted by atomic mass is 9.85. The largest absolute Gasteiger partial charge is 0.491 e. The molecule has 1 fully saturated rings. The highest BCUT2D eigenvalue weighted by Gasteiger charge is 2.22. The number of aliphatic hydroxyl groups excluding tert-OH is 1. The van der Waals surface area contributed by atoms with Crippen LogP contribution in [0.1, 0.15) is 49.7 Å². The summed E-state index contributed by atoms with van der Waals surface area (Å²) in [5, 5.41) is 8.87. The van der Waals surface area contributed by atoms with Crippen LogP contribution in [0.2, 0.25) is 0 Å². The summed E-state index contributed by atoms with van der Waals surface area (Å²) >= 11 is 0. The summed E-state index contributed by atoms with van der Waals surface area (Å²) in [6.45, 7) is 5.67. The number of ether oxygens (including phenoxy) is 1. The van der Waals surface area contributed by atoms with Crippen molar-refractivity contribution in [2.45, 2.75) is 44.9 Å². The second-order valence-electron chi connectivity index (χ2n) is 6.47. The molecule has 1 aromatic carbocycles. The normalized spacial score (nSPS) is 15.6. The van der Waals surface area contributed by atoms with E-state index in [4.69, 9.17) is 15.6 Å². The van der Waals surface area contributed by atoms with Crippen LogP contribution in [0.3, 0.4) is 0 Å². The van der Waals surface area contributed by atoms with Crippen LogP contribution >= 0.6 is 12.4 Å². The fourth-order valence-corrected chi connectivity index (χ4v) is 3.48. The SMILES string of the molecule is CCc1cc(OCCO)ccc1C1CCN(CCCC(N)=O)CC1.Cl. The maximum atomic E-state index is 10.8. The van der Waals surface area contributed by atoms with E-state index < -0.39 is 0 Å². The van der Waals surface area contributed by atoms with Crippen molar-refractivity contribution in [3.8, 4) is 5.75 Å². The molecule has 0 aromatic heterocycles. The molecule has 0 unspecified atom stereocenters. The Morgan fingerprint density at radius 2 is 2.08 bits per heavy atom. The molecular formula is C19H31ClN2O3. The van der Waals surface area contributed by atoms with Gasteiger partial charge >= 0.3 is 0 Å². The fraction of sp³-hybridized carbons (Fsp3) is 0.632. The molecule has 0 bridgehead atoms. The molecule has 5 nitrogen and oxygen atoms in total. The van der Waals surface area contributed by atoms with Crippen molar-refractivity contribution >= 4 is 18.3 Å². The first-order valence-electron chi connectivity index (χ1n) is 9.01. The number of benzene rings is 1. The van der Waals surface area contributed by atoms with Crippen LogP contribution in [0.5, 0.6) is 5.75 Å². The monoisotopic (exact) mass is 370 g/mol. The van der Waals surface area contributed by atoms with Gasteiger partial charge in [-0.25, -0.2) is 0 Å². The van der Waals surface area contributed by atoms with E-state index in [1.54, 1.807) is 0 Å². The number of carbonyl (C=O) groups excluding carboxylic acids is 1. The molecule has 0 radical (unpaired) electrons. The Balaban J connectivity index is 0.00000312. The highest BCUT2D eigenvalue weighted by atomic mass is 35.5. The first kappa shape index (κ1) is 21.7. The molecule has 1 heterocycles. The number of halogens is 1. The molecule has 1 amide bonds. The number of nitrogens with two attached hydrogens (primary N) is 1. The number of nitrogens with zero attached hydrogens (tertiary/aromatic N) is 1. The van der Waals surface area contributed by atoms with Crippen molar-refractivity contribution in [3.05, 3.63) is 29.3 Å². The quantitative estimate of drug-likeness (QED) is 0.700. The Morgan fingerprint density at radius 3 is 2.68 bits per heavy atom. The van der Waals surface area contributed by atoms with E-state index in [-0.39, 0.29) is 24.9 Å². The third-order valence-corrected chi connectivity index (χ3v) is 4.78. The van der Waals surface area contributed by atoms with Gasteiger partial charge in [-0.15, -0.1) is 12.4 Å². The molecular weight excluding hydrogens is 340 g/mol. The standard InChI is InChI=1S/C19H30N2O3.ClH/c1-2-15-14-17(24-13-12-22)5-6-18(15)16-7-10-21(11-8-16)9-3-4-19(20)23;/h5-6,14,16,22H,2-4,7-13H2,1H3,(H2,20,23);1H. The Bertz CT molecular complexity index is 531. The van der Waals surface area contributed by atoms with Gasteiger partial charge in [-0.2, -0.15) is 0 Å². The number of carbonyl (C=O) groups is 1. The van der Waals surface area contributed by atoms with Gasteiger partial charge in [0.25, 0.3) is 0 Å². The summed E-state index contributed by atoms with van der Waals surface area (Å²) < 4.78 is 5.52. The van der Waals surface area contributed by atoms with Crippen LogP contribution in [0, 0.1) is 0 Å². The lowest BCUT2D eigenvalue weighted by molar-refractivity contribution is -0.118. The summed E-state index contributed by atoms with van der Waals surface area (Å²) in [7, 11) is 0. The molecule has 1 aliphatic heterocycles. The Morgan fingerprint density at radius 1 is 1.36 bits per heavy atom. The van der Waals surface area contributed by atoms with E-state index >= 15 is 0 Å². The topological polar surface area (TPSA) is 75.8 Å². The van der Waals surface area contributed by atoms with Crippen molar-refractivity contribution < 1.29 is 14.6 Å². The number of aliphatic hydroxyl groups is 1. The maximum absolute atomic E-state index is 10.8. The van der Waals surface area contributed by atoms with Crippen LogP contribution in [0.25, 0.3) is 0 Å². The Hall–Kier alpha value is -1.30. The van der Waals surface area contributed by atoms with E-state index in [0.717, 1.165) is 51.1 Å². The molecule has 1 aromatic rings. The minimum atomic E-state index is -0.207.